The zero-order chi connectivity index (χ0) is 17.8. The highest BCUT2D eigenvalue weighted by Gasteiger charge is 2.08. The van der Waals surface area contributed by atoms with E-state index in [0.717, 1.165) is 5.39 Å². The largest absolute Gasteiger partial charge is 0.506 e. The SMILES string of the molecule is CC(=O)c1ccc(O)c2ncccc12.Oc1cccc2cccnc12. The molecule has 0 bridgehead atoms. The van der Waals surface area contributed by atoms with Gasteiger partial charge in [0.25, 0.3) is 0 Å². The monoisotopic (exact) mass is 332 g/mol. The topological polar surface area (TPSA) is 83.3 Å². The number of carbonyl (C=O) groups is 1. The van der Waals surface area contributed by atoms with Gasteiger partial charge >= 0.3 is 0 Å². The van der Waals surface area contributed by atoms with Crippen LogP contribution in [-0.4, -0.2) is 26.0 Å². The molecule has 0 aliphatic heterocycles. The van der Waals surface area contributed by atoms with E-state index in [1.54, 1.807) is 42.7 Å². The highest BCUT2D eigenvalue weighted by atomic mass is 16.3. The lowest BCUT2D eigenvalue weighted by molar-refractivity contribution is 0.101. The first-order chi connectivity index (χ1) is 12.1. The number of phenols is 2. The van der Waals surface area contributed by atoms with Crippen molar-refractivity contribution in [1.29, 1.82) is 0 Å². The summed E-state index contributed by atoms with van der Waals surface area (Å²) in [6.07, 6.45) is 3.26. The van der Waals surface area contributed by atoms with Gasteiger partial charge in [0.2, 0.25) is 0 Å². The molecule has 0 aliphatic carbocycles. The minimum atomic E-state index is -0.0250. The van der Waals surface area contributed by atoms with Crippen molar-refractivity contribution in [2.24, 2.45) is 0 Å². The van der Waals surface area contributed by atoms with Crippen LogP contribution in [0.5, 0.6) is 11.5 Å². The van der Waals surface area contributed by atoms with E-state index in [-0.39, 0.29) is 17.3 Å². The number of aromatic hydroxyl groups is 2. The molecule has 2 aromatic heterocycles. The summed E-state index contributed by atoms with van der Waals surface area (Å²) < 4.78 is 0. The number of phenolic OH excluding ortho intramolecular Hbond substituents is 2. The lowest BCUT2D eigenvalue weighted by Gasteiger charge is -2.03. The second-order valence-electron chi connectivity index (χ2n) is 5.44. The standard InChI is InChI=1S/C11H9NO2.C9H7NO/c1-7(13)8-4-5-10(14)11-9(8)3-2-6-12-11;11-8-5-1-3-7-4-2-6-10-9(7)8/h2-6,14H,1H3;1-6,11H. The van der Waals surface area contributed by atoms with Crippen LogP contribution in [0, 0.1) is 0 Å². The molecule has 0 saturated heterocycles. The molecule has 25 heavy (non-hydrogen) atoms. The number of para-hydroxylation sites is 1. The van der Waals surface area contributed by atoms with E-state index < -0.39 is 0 Å². The lowest BCUT2D eigenvalue weighted by Crippen LogP contribution is -1.94. The minimum absolute atomic E-state index is 0.0250. The average molecular weight is 332 g/mol. The highest BCUT2D eigenvalue weighted by Crippen LogP contribution is 2.25. The van der Waals surface area contributed by atoms with Gasteiger partial charge in [-0.2, -0.15) is 0 Å². The fraction of sp³-hybridized carbons (Fsp3) is 0.0500. The molecule has 2 heterocycles. The zero-order valence-corrected chi connectivity index (χ0v) is 13.5. The van der Waals surface area contributed by atoms with E-state index in [4.69, 9.17) is 0 Å². The maximum Gasteiger partial charge on any atom is 0.160 e. The average Bonchev–Trinajstić information content (AvgIpc) is 2.63. The van der Waals surface area contributed by atoms with Gasteiger partial charge in [0.1, 0.15) is 22.5 Å². The summed E-state index contributed by atoms with van der Waals surface area (Å²) >= 11 is 0. The van der Waals surface area contributed by atoms with Crippen molar-refractivity contribution in [3.63, 3.8) is 0 Å². The minimum Gasteiger partial charge on any atom is -0.506 e. The summed E-state index contributed by atoms with van der Waals surface area (Å²) in [5.74, 6) is 0.316. The van der Waals surface area contributed by atoms with Gasteiger partial charge in [-0.05, 0) is 37.3 Å². The van der Waals surface area contributed by atoms with E-state index in [1.165, 1.54) is 13.0 Å². The Labute approximate surface area is 144 Å². The molecule has 124 valence electrons. The van der Waals surface area contributed by atoms with Crippen molar-refractivity contribution >= 4 is 27.6 Å². The smallest absolute Gasteiger partial charge is 0.160 e. The molecule has 2 N–H and O–H groups in total. The van der Waals surface area contributed by atoms with Gasteiger partial charge in [-0.3, -0.25) is 14.8 Å². The van der Waals surface area contributed by atoms with E-state index in [1.807, 2.05) is 18.2 Å². The third-order valence-electron chi connectivity index (χ3n) is 3.74. The van der Waals surface area contributed by atoms with Crippen LogP contribution in [0.25, 0.3) is 21.8 Å². The number of carbonyl (C=O) groups excluding carboxylic acids is 1. The molecule has 0 fully saturated rings. The van der Waals surface area contributed by atoms with Gasteiger partial charge in [-0.1, -0.05) is 24.3 Å². The van der Waals surface area contributed by atoms with Crippen LogP contribution < -0.4 is 0 Å². The van der Waals surface area contributed by atoms with Crippen molar-refractivity contribution in [3.05, 3.63) is 72.6 Å². The quantitative estimate of drug-likeness (QED) is 0.513. The summed E-state index contributed by atoms with van der Waals surface area (Å²) in [5, 5.41) is 20.5. The normalized spacial score (nSPS) is 10.3. The second-order valence-corrected chi connectivity index (χ2v) is 5.44. The van der Waals surface area contributed by atoms with Gasteiger partial charge < -0.3 is 10.2 Å². The number of benzene rings is 2. The summed E-state index contributed by atoms with van der Waals surface area (Å²) in [4.78, 5) is 19.3. The third-order valence-corrected chi connectivity index (χ3v) is 3.74. The van der Waals surface area contributed by atoms with E-state index in [9.17, 15) is 15.0 Å². The predicted octanol–water partition coefficient (Wildman–Crippen LogP) is 4.08. The first kappa shape index (κ1) is 16.4. The Morgan fingerprint density at radius 1 is 0.800 bits per heavy atom. The Hall–Kier alpha value is -3.47. The van der Waals surface area contributed by atoms with Crippen molar-refractivity contribution < 1.29 is 15.0 Å². The molecule has 5 heteroatoms. The van der Waals surface area contributed by atoms with Crippen LogP contribution in [0.1, 0.15) is 17.3 Å². The van der Waals surface area contributed by atoms with Gasteiger partial charge in [0, 0.05) is 28.7 Å². The van der Waals surface area contributed by atoms with Gasteiger partial charge in [-0.15, -0.1) is 0 Å². The molecule has 4 rings (SSSR count). The lowest BCUT2D eigenvalue weighted by atomic mass is 10.1. The maximum atomic E-state index is 11.3. The van der Waals surface area contributed by atoms with Crippen LogP contribution in [0.2, 0.25) is 0 Å². The van der Waals surface area contributed by atoms with Crippen LogP contribution in [0.3, 0.4) is 0 Å². The Balaban J connectivity index is 0.000000150. The molecule has 0 aliphatic rings. The molecule has 5 nitrogen and oxygen atoms in total. The van der Waals surface area contributed by atoms with E-state index in [2.05, 4.69) is 9.97 Å². The molecule has 0 spiro atoms. The van der Waals surface area contributed by atoms with Crippen LogP contribution in [0.15, 0.2) is 67.0 Å². The summed E-state index contributed by atoms with van der Waals surface area (Å²) in [5.41, 5.74) is 1.72. The van der Waals surface area contributed by atoms with Crippen molar-refractivity contribution in [3.8, 4) is 11.5 Å². The molecule has 0 atom stereocenters. The van der Waals surface area contributed by atoms with Gasteiger partial charge in [0.05, 0.1) is 0 Å². The Bertz CT molecular complexity index is 1060. The number of Topliss-reactive ketones (excluding diaryl/α,β-unsaturated/α-hetero) is 1. The number of fused-ring (bicyclic) bond motifs is 2. The molecule has 2 aromatic carbocycles. The van der Waals surface area contributed by atoms with Crippen molar-refractivity contribution in [1.82, 2.24) is 9.97 Å². The summed E-state index contributed by atoms with van der Waals surface area (Å²) in [6, 6.07) is 15.8. The predicted molar refractivity (Wildman–Crippen MR) is 96.8 cm³/mol. The highest BCUT2D eigenvalue weighted by molar-refractivity contribution is 6.07. The van der Waals surface area contributed by atoms with Crippen molar-refractivity contribution in [2.45, 2.75) is 6.92 Å². The van der Waals surface area contributed by atoms with Crippen LogP contribution in [-0.2, 0) is 0 Å². The maximum absolute atomic E-state index is 11.3. The number of ketones is 1. The van der Waals surface area contributed by atoms with Crippen LogP contribution >= 0.6 is 0 Å². The van der Waals surface area contributed by atoms with E-state index in [0.29, 0.717) is 22.0 Å². The third kappa shape index (κ3) is 3.40. The number of rotatable bonds is 1. The van der Waals surface area contributed by atoms with Gasteiger partial charge in [0.15, 0.2) is 5.78 Å². The molecular formula is C20H16N2O3. The first-order valence-corrected chi connectivity index (χ1v) is 7.68. The zero-order valence-electron chi connectivity index (χ0n) is 13.5. The second kappa shape index (κ2) is 6.97. The molecule has 0 amide bonds. The molecule has 0 saturated carbocycles. The Morgan fingerprint density at radius 2 is 1.44 bits per heavy atom. The molecule has 0 unspecified atom stereocenters. The van der Waals surface area contributed by atoms with Crippen molar-refractivity contribution in [2.75, 3.05) is 0 Å². The fourth-order valence-electron chi connectivity index (χ4n) is 2.55. The Morgan fingerprint density at radius 3 is 2.16 bits per heavy atom. The number of aromatic nitrogens is 2. The van der Waals surface area contributed by atoms with Crippen LogP contribution in [0.4, 0.5) is 0 Å². The van der Waals surface area contributed by atoms with E-state index >= 15 is 0 Å². The molecule has 0 radical (unpaired) electrons. The number of hydrogen-bond donors (Lipinski definition) is 2. The Kier molecular flexibility index (Phi) is 4.57. The number of hydrogen-bond acceptors (Lipinski definition) is 5. The molecule has 4 aromatic rings. The van der Waals surface area contributed by atoms with Gasteiger partial charge in [-0.25, -0.2) is 0 Å². The summed E-state index contributed by atoms with van der Waals surface area (Å²) in [6.45, 7) is 1.50. The number of pyridine rings is 2. The number of nitrogens with zero attached hydrogens (tertiary/aromatic N) is 2. The summed E-state index contributed by atoms with van der Waals surface area (Å²) in [7, 11) is 0. The molecular weight excluding hydrogens is 316 g/mol. The fourth-order valence-corrected chi connectivity index (χ4v) is 2.55. The first-order valence-electron chi connectivity index (χ1n) is 7.68.